The zero-order valence-electron chi connectivity index (χ0n) is 13.6. The number of nitrogens with one attached hydrogen (secondary N) is 1. The molecule has 0 aromatic carbocycles. The fourth-order valence-electron chi connectivity index (χ4n) is 4.10. The topological polar surface area (TPSA) is 69.3 Å². The summed E-state index contributed by atoms with van der Waals surface area (Å²) >= 11 is 0. The Morgan fingerprint density at radius 2 is 2.00 bits per heavy atom. The van der Waals surface area contributed by atoms with Gasteiger partial charge in [-0.1, -0.05) is 6.42 Å². The molecule has 0 radical (unpaired) electrons. The van der Waals surface area contributed by atoms with Crippen molar-refractivity contribution in [2.75, 3.05) is 19.6 Å². The number of hydrogen-bond donors (Lipinski definition) is 1. The van der Waals surface area contributed by atoms with Gasteiger partial charge in [-0.15, -0.1) is 0 Å². The minimum absolute atomic E-state index is 0.00185. The van der Waals surface area contributed by atoms with Crippen molar-refractivity contribution in [3.63, 3.8) is 0 Å². The summed E-state index contributed by atoms with van der Waals surface area (Å²) < 4.78 is 0. The Labute approximate surface area is 136 Å². The van der Waals surface area contributed by atoms with Crippen molar-refractivity contribution in [1.82, 2.24) is 20.0 Å². The zero-order valence-corrected chi connectivity index (χ0v) is 13.6. The first-order chi connectivity index (χ1) is 11.1. The fraction of sp³-hybridized carbons (Fsp3) is 0.706. The molecule has 23 heavy (non-hydrogen) atoms. The third kappa shape index (κ3) is 2.64. The molecule has 4 fully saturated rings. The molecule has 3 aliphatic heterocycles. The lowest BCUT2D eigenvalue weighted by Gasteiger charge is -2.35. The first kappa shape index (κ1) is 14.7. The van der Waals surface area contributed by atoms with Crippen LogP contribution in [0.25, 0.3) is 0 Å². The molecule has 6 heteroatoms. The quantitative estimate of drug-likeness (QED) is 0.900. The van der Waals surface area contributed by atoms with Gasteiger partial charge in [-0.3, -0.25) is 14.7 Å². The van der Waals surface area contributed by atoms with Crippen LogP contribution in [0, 0.1) is 18.8 Å². The number of rotatable bonds is 2. The predicted octanol–water partition coefficient (Wildman–Crippen LogP) is 1.58. The predicted molar refractivity (Wildman–Crippen MR) is 84.8 cm³/mol. The van der Waals surface area contributed by atoms with E-state index in [1.54, 1.807) is 6.07 Å². The average Bonchev–Trinajstić information content (AvgIpc) is 2.72. The molecule has 1 aromatic rings. The number of aromatic nitrogens is 2. The molecule has 2 bridgehead atoms. The molecular weight excluding hydrogens is 292 g/mol. The summed E-state index contributed by atoms with van der Waals surface area (Å²) in [6, 6.07) is 1.94. The van der Waals surface area contributed by atoms with Crippen molar-refractivity contribution in [3.05, 3.63) is 17.5 Å². The molecule has 1 aromatic heterocycles. The van der Waals surface area contributed by atoms with Crippen molar-refractivity contribution >= 4 is 11.8 Å². The maximum atomic E-state index is 12.8. The number of amides is 2. The highest BCUT2D eigenvalue weighted by atomic mass is 16.2. The van der Waals surface area contributed by atoms with E-state index in [0.717, 1.165) is 44.5 Å². The fourth-order valence-corrected chi connectivity index (χ4v) is 4.10. The van der Waals surface area contributed by atoms with Crippen LogP contribution in [0.15, 0.2) is 6.07 Å². The summed E-state index contributed by atoms with van der Waals surface area (Å²) in [5.41, 5.74) is 1.39. The number of nitrogens with zero attached hydrogens (tertiary/aromatic N) is 3. The summed E-state index contributed by atoms with van der Waals surface area (Å²) in [6.07, 6.45) is 5.37. The third-order valence-corrected chi connectivity index (χ3v) is 5.67. The first-order valence-corrected chi connectivity index (χ1v) is 8.73. The van der Waals surface area contributed by atoms with Gasteiger partial charge in [-0.05, 0) is 44.6 Å². The standard InChI is InChI=1S/C17H24N4O2/c1-11-7-15(19-18-11)17(23)21-9-12-5-6-14(21)10-20(8-12)16(22)13-3-2-4-13/h7,12-14H,2-6,8-10H2,1H3,(H,18,19)/t12-,14+/m0/s1. The number of fused-ring (bicyclic) bond motifs is 4. The van der Waals surface area contributed by atoms with E-state index in [9.17, 15) is 9.59 Å². The van der Waals surface area contributed by atoms with Gasteiger partial charge in [0.05, 0.1) is 0 Å². The van der Waals surface area contributed by atoms with Gasteiger partial charge in [-0.2, -0.15) is 5.10 Å². The molecular formula is C17H24N4O2. The van der Waals surface area contributed by atoms with Crippen LogP contribution >= 0.6 is 0 Å². The highest BCUT2D eigenvalue weighted by molar-refractivity contribution is 5.92. The summed E-state index contributed by atoms with van der Waals surface area (Å²) in [5, 5.41) is 6.96. The number of piperidine rings is 1. The van der Waals surface area contributed by atoms with Gasteiger partial charge in [-0.25, -0.2) is 0 Å². The van der Waals surface area contributed by atoms with E-state index in [1.807, 2.05) is 16.7 Å². The Balaban J connectivity index is 1.51. The van der Waals surface area contributed by atoms with Crippen LogP contribution in [0.3, 0.4) is 0 Å². The lowest BCUT2D eigenvalue weighted by atomic mass is 9.84. The molecule has 2 amide bonds. The smallest absolute Gasteiger partial charge is 0.274 e. The molecule has 4 aliphatic rings. The molecule has 0 spiro atoms. The Morgan fingerprint density at radius 1 is 1.17 bits per heavy atom. The van der Waals surface area contributed by atoms with Gasteiger partial charge in [0.15, 0.2) is 0 Å². The summed E-state index contributed by atoms with van der Waals surface area (Å²) in [6.45, 7) is 4.16. The second-order valence-corrected chi connectivity index (χ2v) is 7.36. The number of aryl methyl sites for hydroxylation is 1. The van der Waals surface area contributed by atoms with Crippen LogP contribution < -0.4 is 0 Å². The molecule has 6 nitrogen and oxygen atoms in total. The lowest BCUT2D eigenvalue weighted by molar-refractivity contribution is -0.138. The van der Waals surface area contributed by atoms with E-state index in [4.69, 9.17) is 0 Å². The highest BCUT2D eigenvalue weighted by Gasteiger charge is 2.41. The SMILES string of the molecule is Cc1cc(C(=O)N2C[C@H]3CC[C@@H]2CN(C(=O)C2CCC2)C3)n[nH]1. The first-order valence-electron chi connectivity index (χ1n) is 8.73. The molecule has 3 saturated heterocycles. The Kier molecular flexibility index (Phi) is 3.62. The summed E-state index contributed by atoms with van der Waals surface area (Å²) in [4.78, 5) is 29.4. The second kappa shape index (κ2) is 5.65. The van der Waals surface area contributed by atoms with Gasteiger partial charge < -0.3 is 9.80 Å². The van der Waals surface area contributed by atoms with Crippen LogP contribution in [-0.2, 0) is 4.79 Å². The largest absolute Gasteiger partial charge is 0.340 e. The maximum absolute atomic E-state index is 12.8. The van der Waals surface area contributed by atoms with Crippen LogP contribution in [0.1, 0.15) is 48.3 Å². The molecule has 1 saturated carbocycles. The normalized spacial score (nSPS) is 27.7. The molecule has 0 unspecified atom stereocenters. The molecule has 4 heterocycles. The van der Waals surface area contributed by atoms with E-state index in [0.29, 0.717) is 24.1 Å². The third-order valence-electron chi connectivity index (χ3n) is 5.67. The maximum Gasteiger partial charge on any atom is 0.274 e. The van der Waals surface area contributed by atoms with Crippen molar-refractivity contribution in [2.24, 2.45) is 11.8 Å². The Morgan fingerprint density at radius 3 is 2.65 bits per heavy atom. The molecule has 2 atom stereocenters. The molecule has 124 valence electrons. The van der Waals surface area contributed by atoms with Crippen molar-refractivity contribution in [3.8, 4) is 0 Å². The average molecular weight is 316 g/mol. The van der Waals surface area contributed by atoms with Crippen molar-refractivity contribution in [2.45, 2.75) is 45.1 Å². The number of carbonyl (C=O) groups is 2. The molecule has 5 rings (SSSR count). The zero-order chi connectivity index (χ0) is 16.0. The Hall–Kier alpha value is -1.85. The lowest BCUT2D eigenvalue weighted by Crippen LogP contribution is -2.48. The van der Waals surface area contributed by atoms with Crippen LogP contribution in [0.5, 0.6) is 0 Å². The van der Waals surface area contributed by atoms with E-state index in [2.05, 4.69) is 10.2 Å². The minimum atomic E-state index is 0.00185. The van der Waals surface area contributed by atoms with E-state index in [-0.39, 0.29) is 17.9 Å². The second-order valence-electron chi connectivity index (χ2n) is 7.36. The number of hydrogen-bond acceptors (Lipinski definition) is 3. The van der Waals surface area contributed by atoms with Crippen LogP contribution in [0.4, 0.5) is 0 Å². The molecule has 1 N–H and O–H groups in total. The highest BCUT2D eigenvalue weighted by Crippen LogP contribution is 2.33. The van der Waals surface area contributed by atoms with Crippen molar-refractivity contribution < 1.29 is 9.59 Å². The van der Waals surface area contributed by atoms with E-state index < -0.39 is 0 Å². The van der Waals surface area contributed by atoms with Gasteiger partial charge >= 0.3 is 0 Å². The van der Waals surface area contributed by atoms with E-state index >= 15 is 0 Å². The van der Waals surface area contributed by atoms with Crippen LogP contribution in [0.2, 0.25) is 0 Å². The number of H-pyrrole nitrogens is 1. The monoisotopic (exact) mass is 316 g/mol. The summed E-state index contributed by atoms with van der Waals surface area (Å²) in [7, 11) is 0. The van der Waals surface area contributed by atoms with Gasteiger partial charge in [0, 0.05) is 37.3 Å². The minimum Gasteiger partial charge on any atom is -0.340 e. The Bertz CT molecular complexity index is 622. The van der Waals surface area contributed by atoms with Gasteiger partial charge in [0.1, 0.15) is 5.69 Å². The van der Waals surface area contributed by atoms with E-state index in [1.165, 1.54) is 6.42 Å². The van der Waals surface area contributed by atoms with Gasteiger partial charge in [0.2, 0.25) is 5.91 Å². The summed E-state index contributed by atoms with van der Waals surface area (Å²) in [5.74, 6) is 0.965. The van der Waals surface area contributed by atoms with Crippen LogP contribution in [-0.4, -0.2) is 57.5 Å². The number of carbonyl (C=O) groups excluding carboxylic acids is 2. The number of aromatic amines is 1. The van der Waals surface area contributed by atoms with Crippen molar-refractivity contribution in [1.29, 1.82) is 0 Å². The van der Waals surface area contributed by atoms with Gasteiger partial charge in [0.25, 0.3) is 5.91 Å². The molecule has 1 aliphatic carbocycles.